The Balaban J connectivity index is 1.92. The molecule has 21 heavy (non-hydrogen) atoms. The molecule has 0 aliphatic heterocycles. The van der Waals surface area contributed by atoms with Crippen LogP contribution in [0.25, 0.3) is 0 Å². The summed E-state index contributed by atoms with van der Waals surface area (Å²) in [5.74, 6) is 1.02. The Morgan fingerprint density at radius 3 is 2.05 bits per heavy atom. The molecule has 0 N–H and O–H groups in total. The van der Waals surface area contributed by atoms with E-state index in [0.717, 1.165) is 11.3 Å². The van der Waals surface area contributed by atoms with E-state index in [4.69, 9.17) is 9.47 Å². The predicted octanol–water partition coefficient (Wildman–Crippen LogP) is 4.22. The lowest BCUT2D eigenvalue weighted by molar-refractivity contribution is -0.143. The standard InChI is InChI=1S/C18H20O3/c1-18(2,3)17(19)21-16-11-9-15(10-12-16)20-13-14-7-5-4-6-8-14/h4-12H,13H2,1-3H3. The maximum atomic E-state index is 11.8. The fourth-order valence-electron chi connectivity index (χ4n) is 1.60. The van der Waals surface area contributed by atoms with Crippen LogP contribution in [0.4, 0.5) is 0 Å². The average molecular weight is 284 g/mol. The summed E-state index contributed by atoms with van der Waals surface area (Å²) in [5.41, 5.74) is 0.600. The van der Waals surface area contributed by atoms with Gasteiger partial charge in [0.15, 0.2) is 0 Å². The minimum Gasteiger partial charge on any atom is -0.489 e. The third-order valence-corrected chi connectivity index (χ3v) is 2.89. The van der Waals surface area contributed by atoms with Crippen molar-refractivity contribution in [1.82, 2.24) is 0 Å². The van der Waals surface area contributed by atoms with E-state index in [-0.39, 0.29) is 5.97 Å². The number of ether oxygens (including phenoxy) is 2. The zero-order valence-corrected chi connectivity index (χ0v) is 12.6. The van der Waals surface area contributed by atoms with Crippen molar-refractivity contribution in [3.05, 3.63) is 60.2 Å². The number of hydrogen-bond acceptors (Lipinski definition) is 3. The van der Waals surface area contributed by atoms with Gasteiger partial charge in [0.25, 0.3) is 0 Å². The molecule has 0 saturated heterocycles. The molecule has 0 saturated carbocycles. The molecule has 0 amide bonds. The van der Waals surface area contributed by atoms with Crippen molar-refractivity contribution in [3.63, 3.8) is 0 Å². The highest BCUT2D eigenvalue weighted by Gasteiger charge is 2.23. The van der Waals surface area contributed by atoms with E-state index in [0.29, 0.717) is 12.4 Å². The number of carbonyl (C=O) groups excluding carboxylic acids is 1. The van der Waals surface area contributed by atoms with Gasteiger partial charge in [0.1, 0.15) is 18.1 Å². The van der Waals surface area contributed by atoms with Crippen LogP contribution >= 0.6 is 0 Å². The molecular weight excluding hydrogens is 264 g/mol. The first-order valence-electron chi connectivity index (χ1n) is 6.94. The number of carbonyl (C=O) groups is 1. The normalized spacial score (nSPS) is 11.0. The summed E-state index contributed by atoms with van der Waals surface area (Å²) in [5, 5.41) is 0. The fourth-order valence-corrected chi connectivity index (χ4v) is 1.60. The van der Waals surface area contributed by atoms with Crippen LogP contribution in [0.3, 0.4) is 0 Å². The van der Waals surface area contributed by atoms with Crippen LogP contribution in [0.15, 0.2) is 54.6 Å². The van der Waals surface area contributed by atoms with Gasteiger partial charge in [-0.25, -0.2) is 0 Å². The summed E-state index contributed by atoms with van der Waals surface area (Å²) in [6.07, 6.45) is 0. The second-order valence-corrected chi connectivity index (χ2v) is 5.89. The SMILES string of the molecule is CC(C)(C)C(=O)Oc1ccc(OCc2ccccc2)cc1. The molecule has 0 atom stereocenters. The molecule has 2 aromatic rings. The summed E-state index contributed by atoms with van der Waals surface area (Å²) in [7, 11) is 0. The minimum absolute atomic E-state index is 0.250. The molecule has 3 nitrogen and oxygen atoms in total. The minimum atomic E-state index is -0.511. The van der Waals surface area contributed by atoms with Crippen molar-refractivity contribution >= 4 is 5.97 Å². The van der Waals surface area contributed by atoms with E-state index >= 15 is 0 Å². The van der Waals surface area contributed by atoms with Crippen LogP contribution in [0, 0.1) is 5.41 Å². The van der Waals surface area contributed by atoms with Gasteiger partial charge >= 0.3 is 5.97 Å². The Kier molecular flexibility index (Phi) is 4.63. The van der Waals surface area contributed by atoms with Gasteiger partial charge in [0.05, 0.1) is 5.41 Å². The van der Waals surface area contributed by atoms with Crippen molar-refractivity contribution in [1.29, 1.82) is 0 Å². The summed E-state index contributed by atoms with van der Waals surface area (Å²) < 4.78 is 11.0. The monoisotopic (exact) mass is 284 g/mol. The molecule has 0 spiro atoms. The molecule has 0 unspecified atom stereocenters. The quantitative estimate of drug-likeness (QED) is 0.623. The Hall–Kier alpha value is -2.29. The molecule has 2 aromatic carbocycles. The van der Waals surface area contributed by atoms with E-state index in [9.17, 15) is 4.79 Å². The fraction of sp³-hybridized carbons (Fsp3) is 0.278. The second-order valence-electron chi connectivity index (χ2n) is 5.89. The lowest BCUT2D eigenvalue weighted by Crippen LogP contribution is -2.25. The highest BCUT2D eigenvalue weighted by Crippen LogP contribution is 2.22. The maximum Gasteiger partial charge on any atom is 0.316 e. The molecule has 0 heterocycles. The van der Waals surface area contributed by atoms with Crippen LogP contribution in [0.5, 0.6) is 11.5 Å². The molecule has 0 radical (unpaired) electrons. The molecular formula is C18H20O3. The summed E-state index contributed by atoms with van der Waals surface area (Å²) in [6, 6.07) is 17.0. The van der Waals surface area contributed by atoms with Gasteiger partial charge < -0.3 is 9.47 Å². The lowest BCUT2D eigenvalue weighted by atomic mass is 9.97. The largest absolute Gasteiger partial charge is 0.489 e. The zero-order valence-electron chi connectivity index (χ0n) is 12.6. The Bertz CT molecular complexity index is 580. The molecule has 3 heteroatoms. The first-order valence-corrected chi connectivity index (χ1v) is 6.94. The highest BCUT2D eigenvalue weighted by atomic mass is 16.5. The van der Waals surface area contributed by atoms with Gasteiger partial charge in [-0.2, -0.15) is 0 Å². The predicted molar refractivity (Wildman–Crippen MR) is 82.3 cm³/mol. The van der Waals surface area contributed by atoms with Gasteiger partial charge in [-0.05, 0) is 50.6 Å². The number of esters is 1. The van der Waals surface area contributed by atoms with E-state index in [1.54, 1.807) is 24.3 Å². The molecule has 0 bridgehead atoms. The van der Waals surface area contributed by atoms with Crippen molar-refractivity contribution in [2.24, 2.45) is 5.41 Å². The first kappa shape index (κ1) is 15.1. The van der Waals surface area contributed by atoms with Crippen molar-refractivity contribution < 1.29 is 14.3 Å². The van der Waals surface area contributed by atoms with Crippen molar-refractivity contribution in [2.75, 3.05) is 0 Å². The lowest BCUT2D eigenvalue weighted by Gasteiger charge is -2.16. The van der Waals surface area contributed by atoms with Crippen molar-refractivity contribution in [3.8, 4) is 11.5 Å². The van der Waals surface area contributed by atoms with Gasteiger partial charge in [0.2, 0.25) is 0 Å². The highest BCUT2D eigenvalue weighted by molar-refractivity contribution is 5.77. The van der Waals surface area contributed by atoms with Gasteiger partial charge in [0, 0.05) is 0 Å². The van der Waals surface area contributed by atoms with Gasteiger partial charge in [-0.1, -0.05) is 30.3 Å². The average Bonchev–Trinajstić information content (AvgIpc) is 2.46. The summed E-state index contributed by atoms with van der Waals surface area (Å²) in [6.45, 7) is 5.99. The summed E-state index contributed by atoms with van der Waals surface area (Å²) >= 11 is 0. The van der Waals surface area contributed by atoms with E-state index in [1.807, 2.05) is 51.1 Å². The van der Waals surface area contributed by atoms with E-state index in [1.165, 1.54) is 0 Å². The molecule has 110 valence electrons. The zero-order chi connectivity index (χ0) is 15.3. The van der Waals surface area contributed by atoms with Gasteiger partial charge in [-0.15, -0.1) is 0 Å². The van der Waals surface area contributed by atoms with Crippen LogP contribution in [-0.4, -0.2) is 5.97 Å². The van der Waals surface area contributed by atoms with Crippen molar-refractivity contribution in [2.45, 2.75) is 27.4 Å². The van der Waals surface area contributed by atoms with Crippen LogP contribution in [-0.2, 0) is 11.4 Å². The number of hydrogen-bond donors (Lipinski definition) is 0. The van der Waals surface area contributed by atoms with Crippen LogP contribution < -0.4 is 9.47 Å². The smallest absolute Gasteiger partial charge is 0.316 e. The molecule has 0 aliphatic carbocycles. The third-order valence-electron chi connectivity index (χ3n) is 2.89. The Morgan fingerprint density at radius 2 is 1.48 bits per heavy atom. The first-order chi connectivity index (χ1) is 9.95. The molecule has 0 fully saturated rings. The third kappa shape index (κ3) is 4.63. The molecule has 0 aromatic heterocycles. The topological polar surface area (TPSA) is 35.5 Å². The summed E-state index contributed by atoms with van der Waals surface area (Å²) in [4.78, 5) is 11.8. The molecule has 2 rings (SSSR count). The Morgan fingerprint density at radius 1 is 0.905 bits per heavy atom. The number of rotatable bonds is 4. The maximum absolute atomic E-state index is 11.8. The second kappa shape index (κ2) is 6.44. The van der Waals surface area contributed by atoms with Crippen LogP contribution in [0.1, 0.15) is 26.3 Å². The van der Waals surface area contributed by atoms with Gasteiger partial charge in [-0.3, -0.25) is 4.79 Å². The molecule has 0 aliphatic rings. The number of benzene rings is 2. The Labute approximate surface area is 125 Å². The van der Waals surface area contributed by atoms with E-state index in [2.05, 4.69) is 0 Å². The van der Waals surface area contributed by atoms with Crippen LogP contribution in [0.2, 0.25) is 0 Å². The van der Waals surface area contributed by atoms with E-state index < -0.39 is 5.41 Å².